The highest BCUT2D eigenvalue weighted by Crippen LogP contribution is 2.17. The zero-order chi connectivity index (χ0) is 8.97. The first-order valence-electron chi connectivity index (χ1n) is 4.34. The molecule has 0 aliphatic rings. The largest absolute Gasteiger partial charge is 0.258 e. The fraction of sp³-hybridized carbons (Fsp3) is 0.364. The molecule has 1 rings (SSSR count). The summed E-state index contributed by atoms with van der Waals surface area (Å²) in [6, 6.07) is 8.20. The number of nitrogens with zero attached hydrogens (tertiary/aromatic N) is 1. The molecule has 0 fully saturated rings. The summed E-state index contributed by atoms with van der Waals surface area (Å²) in [5.41, 5.74) is 3.52. The summed E-state index contributed by atoms with van der Waals surface area (Å²) in [5.74, 6) is 0. The molecule has 1 aromatic rings. The van der Waals surface area contributed by atoms with Crippen LogP contribution in [0.4, 0.5) is 5.69 Å². The second-order valence-corrected chi connectivity index (χ2v) is 2.99. The second kappa shape index (κ2) is 4.05. The second-order valence-electron chi connectivity index (χ2n) is 2.99. The summed E-state index contributed by atoms with van der Waals surface area (Å²) >= 11 is 0. The third-order valence-corrected chi connectivity index (χ3v) is 1.94. The Bertz CT molecular complexity index is 287. The molecule has 0 saturated carbocycles. The smallest absolute Gasteiger partial charge is 0.0658 e. The summed E-state index contributed by atoms with van der Waals surface area (Å²) in [5, 5.41) is 0. The van der Waals surface area contributed by atoms with E-state index in [1.54, 1.807) is 0 Å². The maximum atomic E-state index is 4.49. The normalized spacial score (nSPS) is 11.8. The molecule has 0 unspecified atom stereocenters. The third-order valence-electron chi connectivity index (χ3n) is 1.94. The first-order chi connectivity index (χ1) is 5.74. The highest BCUT2D eigenvalue weighted by atomic mass is 14.7. The fourth-order valence-electron chi connectivity index (χ4n) is 0.974. The average molecular weight is 161 g/mol. The van der Waals surface area contributed by atoms with Crippen LogP contribution in [0.25, 0.3) is 0 Å². The highest BCUT2D eigenvalue weighted by molar-refractivity contribution is 5.84. The highest BCUT2D eigenvalue weighted by Gasteiger charge is 1.93. The summed E-state index contributed by atoms with van der Waals surface area (Å²) in [4.78, 5) is 4.49. The van der Waals surface area contributed by atoms with E-state index < -0.39 is 0 Å². The van der Waals surface area contributed by atoms with Gasteiger partial charge in [-0.3, -0.25) is 4.99 Å². The topological polar surface area (TPSA) is 12.4 Å². The number of rotatable bonds is 2. The Morgan fingerprint density at radius 1 is 1.33 bits per heavy atom. The van der Waals surface area contributed by atoms with Crippen LogP contribution in [0.2, 0.25) is 0 Å². The van der Waals surface area contributed by atoms with Crippen molar-refractivity contribution in [2.45, 2.75) is 27.2 Å². The molecule has 0 radical (unpaired) electrons. The van der Waals surface area contributed by atoms with Crippen molar-refractivity contribution in [1.29, 1.82) is 0 Å². The zero-order valence-electron chi connectivity index (χ0n) is 7.96. The number of aryl methyl sites for hydroxylation is 1. The monoisotopic (exact) mass is 161 g/mol. The minimum absolute atomic E-state index is 1.02. The first-order valence-corrected chi connectivity index (χ1v) is 4.34. The lowest BCUT2D eigenvalue weighted by molar-refractivity contribution is 1.24. The Morgan fingerprint density at radius 2 is 2.00 bits per heavy atom. The van der Waals surface area contributed by atoms with Crippen molar-refractivity contribution in [3.05, 3.63) is 29.8 Å². The van der Waals surface area contributed by atoms with E-state index in [-0.39, 0.29) is 0 Å². The molecule has 0 aromatic heterocycles. The number of benzene rings is 1. The number of hydrogen-bond acceptors (Lipinski definition) is 1. The standard InChI is InChI=1S/C11H15N/c1-4-10(3)12-11-8-6-5-7-9(11)2/h5-8H,4H2,1-3H3. The van der Waals surface area contributed by atoms with Crippen molar-refractivity contribution in [3.8, 4) is 0 Å². The van der Waals surface area contributed by atoms with Crippen molar-refractivity contribution in [2.75, 3.05) is 0 Å². The van der Waals surface area contributed by atoms with Gasteiger partial charge in [0.15, 0.2) is 0 Å². The van der Waals surface area contributed by atoms with Crippen molar-refractivity contribution >= 4 is 11.4 Å². The van der Waals surface area contributed by atoms with Gasteiger partial charge in [-0.15, -0.1) is 0 Å². The van der Waals surface area contributed by atoms with Gasteiger partial charge in [-0.25, -0.2) is 0 Å². The van der Waals surface area contributed by atoms with Gasteiger partial charge >= 0.3 is 0 Å². The molecule has 0 amide bonds. The van der Waals surface area contributed by atoms with E-state index in [2.05, 4.69) is 37.9 Å². The molecular weight excluding hydrogens is 146 g/mol. The van der Waals surface area contributed by atoms with E-state index in [4.69, 9.17) is 0 Å². The Morgan fingerprint density at radius 3 is 2.58 bits per heavy atom. The lowest BCUT2D eigenvalue weighted by Gasteiger charge is -2.00. The quantitative estimate of drug-likeness (QED) is 0.589. The molecule has 1 aromatic carbocycles. The summed E-state index contributed by atoms with van der Waals surface area (Å²) in [6.45, 7) is 6.27. The van der Waals surface area contributed by atoms with Crippen LogP contribution in [0.15, 0.2) is 29.3 Å². The summed E-state index contributed by atoms with van der Waals surface area (Å²) < 4.78 is 0. The fourth-order valence-corrected chi connectivity index (χ4v) is 0.974. The maximum Gasteiger partial charge on any atom is 0.0658 e. The van der Waals surface area contributed by atoms with Crippen LogP contribution in [0.3, 0.4) is 0 Å². The Kier molecular flexibility index (Phi) is 3.03. The van der Waals surface area contributed by atoms with Gasteiger partial charge < -0.3 is 0 Å². The van der Waals surface area contributed by atoms with Gasteiger partial charge in [-0.05, 0) is 31.9 Å². The Labute approximate surface area is 74.2 Å². The number of para-hydroxylation sites is 1. The lowest BCUT2D eigenvalue weighted by atomic mass is 10.2. The predicted octanol–water partition coefficient (Wildman–Crippen LogP) is 3.50. The molecule has 0 N–H and O–H groups in total. The van der Waals surface area contributed by atoms with E-state index in [1.165, 1.54) is 11.3 Å². The SMILES string of the molecule is CCC(C)=Nc1ccccc1C. The van der Waals surface area contributed by atoms with E-state index >= 15 is 0 Å². The number of aliphatic imine (C=N–C) groups is 1. The van der Waals surface area contributed by atoms with Crippen LogP contribution in [-0.4, -0.2) is 5.71 Å². The molecule has 12 heavy (non-hydrogen) atoms. The van der Waals surface area contributed by atoms with Gasteiger partial charge in [-0.1, -0.05) is 25.1 Å². The van der Waals surface area contributed by atoms with Gasteiger partial charge in [0, 0.05) is 5.71 Å². The van der Waals surface area contributed by atoms with Crippen molar-refractivity contribution in [2.24, 2.45) is 4.99 Å². The van der Waals surface area contributed by atoms with Crippen LogP contribution < -0.4 is 0 Å². The minimum Gasteiger partial charge on any atom is -0.258 e. The molecule has 0 heterocycles. The van der Waals surface area contributed by atoms with E-state index in [0.717, 1.165) is 12.1 Å². The first kappa shape index (κ1) is 8.98. The van der Waals surface area contributed by atoms with Crippen LogP contribution in [-0.2, 0) is 0 Å². The van der Waals surface area contributed by atoms with E-state index in [9.17, 15) is 0 Å². The van der Waals surface area contributed by atoms with Crippen LogP contribution in [0.1, 0.15) is 25.8 Å². The zero-order valence-corrected chi connectivity index (χ0v) is 7.96. The molecule has 0 atom stereocenters. The van der Waals surface area contributed by atoms with Gasteiger partial charge in [-0.2, -0.15) is 0 Å². The van der Waals surface area contributed by atoms with Crippen molar-refractivity contribution < 1.29 is 0 Å². The third kappa shape index (κ3) is 2.19. The van der Waals surface area contributed by atoms with E-state index in [1.807, 2.05) is 12.1 Å². The molecule has 64 valence electrons. The lowest BCUT2D eigenvalue weighted by Crippen LogP contribution is -1.86. The van der Waals surface area contributed by atoms with Crippen molar-refractivity contribution in [3.63, 3.8) is 0 Å². The Hall–Kier alpha value is -1.11. The van der Waals surface area contributed by atoms with Crippen LogP contribution in [0.5, 0.6) is 0 Å². The van der Waals surface area contributed by atoms with Gasteiger partial charge in [0.05, 0.1) is 5.69 Å². The van der Waals surface area contributed by atoms with Gasteiger partial charge in [0.25, 0.3) is 0 Å². The van der Waals surface area contributed by atoms with Crippen LogP contribution in [0, 0.1) is 6.92 Å². The van der Waals surface area contributed by atoms with E-state index in [0.29, 0.717) is 0 Å². The molecule has 1 nitrogen and oxygen atoms in total. The van der Waals surface area contributed by atoms with Gasteiger partial charge in [0.1, 0.15) is 0 Å². The molecule has 0 saturated heterocycles. The Balaban J connectivity index is 2.96. The van der Waals surface area contributed by atoms with Crippen molar-refractivity contribution in [1.82, 2.24) is 0 Å². The molecule has 0 aliphatic carbocycles. The average Bonchev–Trinajstić information content (AvgIpc) is 2.09. The number of hydrogen-bond donors (Lipinski definition) is 0. The predicted molar refractivity (Wildman–Crippen MR) is 54.2 cm³/mol. The molecule has 0 bridgehead atoms. The summed E-state index contributed by atoms with van der Waals surface area (Å²) in [6.07, 6.45) is 1.02. The maximum absolute atomic E-state index is 4.49. The molecular formula is C11H15N. The molecule has 0 spiro atoms. The van der Waals surface area contributed by atoms with Gasteiger partial charge in [0.2, 0.25) is 0 Å². The molecule has 0 aliphatic heterocycles. The molecule has 1 heteroatoms. The van der Waals surface area contributed by atoms with Crippen LogP contribution >= 0.6 is 0 Å². The minimum atomic E-state index is 1.02. The summed E-state index contributed by atoms with van der Waals surface area (Å²) in [7, 11) is 0.